The van der Waals surface area contributed by atoms with Crippen molar-refractivity contribution in [1.29, 1.82) is 0 Å². The van der Waals surface area contributed by atoms with Crippen molar-refractivity contribution < 1.29 is 9.90 Å². The molecule has 1 atom stereocenters. The molecular weight excluding hydrogens is 274 g/mol. The van der Waals surface area contributed by atoms with Crippen LogP contribution in [0.2, 0.25) is 0 Å². The summed E-state index contributed by atoms with van der Waals surface area (Å²) in [6, 6.07) is 2.08. The van der Waals surface area contributed by atoms with Crippen molar-refractivity contribution in [2.24, 2.45) is 5.92 Å². The maximum atomic E-state index is 11.2. The van der Waals surface area contributed by atoms with Crippen LogP contribution in [0.15, 0.2) is 12.4 Å². The average Bonchev–Trinajstić information content (AvgIpc) is 2.86. The lowest BCUT2D eigenvalue weighted by molar-refractivity contribution is -0.141. The van der Waals surface area contributed by atoms with Crippen LogP contribution in [0.25, 0.3) is 10.2 Å². The molecule has 6 heteroatoms. The third kappa shape index (κ3) is 3.25. The number of anilines is 1. The molecule has 5 nitrogen and oxygen atoms in total. The number of hydrogen-bond acceptors (Lipinski definition) is 5. The van der Waals surface area contributed by atoms with E-state index >= 15 is 0 Å². The minimum Gasteiger partial charge on any atom is -0.481 e. The van der Waals surface area contributed by atoms with Crippen LogP contribution in [0, 0.1) is 5.92 Å². The Hall–Kier alpha value is -1.69. The second-order valence-electron chi connectivity index (χ2n) is 4.71. The number of aromatic nitrogens is 2. The van der Waals surface area contributed by atoms with Crippen LogP contribution in [0.3, 0.4) is 0 Å². The summed E-state index contributed by atoms with van der Waals surface area (Å²) in [5, 5.41) is 13.3. The maximum absolute atomic E-state index is 11.2. The normalized spacial score (nSPS) is 12.5. The van der Waals surface area contributed by atoms with Gasteiger partial charge < -0.3 is 10.4 Å². The van der Waals surface area contributed by atoms with Gasteiger partial charge in [0.1, 0.15) is 17.0 Å². The summed E-state index contributed by atoms with van der Waals surface area (Å²) in [6.45, 7) is 4.49. The van der Waals surface area contributed by atoms with Crippen molar-refractivity contribution in [1.82, 2.24) is 9.97 Å². The molecule has 1 unspecified atom stereocenters. The van der Waals surface area contributed by atoms with Crippen molar-refractivity contribution >= 4 is 33.3 Å². The first-order valence-electron chi connectivity index (χ1n) is 6.85. The first-order chi connectivity index (χ1) is 9.65. The van der Waals surface area contributed by atoms with E-state index in [1.165, 1.54) is 11.2 Å². The number of hydrogen-bond donors (Lipinski definition) is 2. The molecule has 2 aromatic rings. The van der Waals surface area contributed by atoms with Gasteiger partial charge in [0.25, 0.3) is 0 Å². The van der Waals surface area contributed by atoms with Crippen LogP contribution in [-0.4, -0.2) is 27.6 Å². The van der Waals surface area contributed by atoms with Gasteiger partial charge in [-0.2, -0.15) is 0 Å². The summed E-state index contributed by atoms with van der Waals surface area (Å²) in [5.74, 6) is -0.410. The van der Waals surface area contributed by atoms with E-state index in [1.807, 2.05) is 6.92 Å². The Balaban J connectivity index is 2.16. The van der Waals surface area contributed by atoms with Crippen LogP contribution >= 0.6 is 11.3 Å². The summed E-state index contributed by atoms with van der Waals surface area (Å²) in [7, 11) is 0. The van der Waals surface area contributed by atoms with Crippen molar-refractivity contribution in [3.8, 4) is 0 Å². The maximum Gasteiger partial charge on any atom is 0.308 e. The highest BCUT2D eigenvalue weighted by Gasteiger charge is 2.17. The van der Waals surface area contributed by atoms with E-state index in [4.69, 9.17) is 5.11 Å². The van der Waals surface area contributed by atoms with Gasteiger partial charge in [0, 0.05) is 11.4 Å². The first kappa shape index (κ1) is 14.7. The van der Waals surface area contributed by atoms with Crippen LogP contribution in [0.1, 0.15) is 31.6 Å². The Kier molecular flexibility index (Phi) is 4.89. The number of aliphatic carboxylic acids is 1. The quantitative estimate of drug-likeness (QED) is 0.820. The van der Waals surface area contributed by atoms with Gasteiger partial charge in [0.2, 0.25) is 0 Å². The third-order valence-electron chi connectivity index (χ3n) is 3.23. The summed E-state index contributed by atoms with van der Waals surface area (Å²) < 4.78 is 0. The fraction of sp³-hybridized carbons (Fsp3) is 0.500. The third-order valence-corrected chi connectivity index (χ3v) is 4.42. The number of carbonyl (C=O) groups is 1. The fourth-order valence-electron chi connectivity index (χ4n) is 2.10. The Morgan fingerprint density at radius 2 is 2.25 bits per heavy atom. The number of nitrogens with one attached hydrogen (secondary N) is 1. The average molecular weight is 293 g/mol. The monoisotopic (exact) mass is 293 g/mol. The molecule has 0 aliphatic heterocycles. The molecule has 0 radical (unpaired) electrons. The number of rotatable bonds is 7. The predicted octanol–water partition coefficient (Wildman–Crippen LogP) is 3.17. The molecule has 0 saturated heterocycles. The van der Waals surface area contributed by atoms with Gasteiger partial charge in [-0.3, -0.25) is 4.79 Å². The molecule has 2 N–H and O–H groups in total. The summed E-state index contributed by atoms with van der Waals surface area (Å²) in [5.41, 5.74) is 0. The highest BCUT2D eigenvalue weighted by molar-refractivity contribution is 7.18. The topological polar surface area (TPSA) is 75.1 Å². The van der Waals surface area contributed by atoms with E-state index in [1.54, 1.807) is 11.3 Å². The van der Waals surface area contributed by atoms with E-state index in [0.29, 0.717) is 13.0 Å². The van der Waals surface area contributed by atoms with E-state index in [0.717, 1.165) is 28.9 Å². The van der Waals surface area contributed by atoms with Crippen molar-refractivity contribution in [3.05, 3.63) is 17.3 Å². The number of aryl methyl sites for hydroxylation is 1. The fourth-order valence-corrected chi connectivity index (χ4v) is 3.04. The molecule has 0 amide bonds. The molecule has 20 heavy (non-hydrogen) atoms. The van der Waals surface area contributed by atoms with E-state index in [-0.39, 0.29) is 5.92 Å². The van der Waals surface area contributed by atoms with Crippen LogP contribution in [0.4, 0.5) is 5.82 Å². The van der Waals surface area contributed by atoms with Gasteiger partial charge in [-0.15, -0.1) is 11.3 Å². The standard InChI is InChI=1S/C14H19N3O2S/c1-3-5-9(14(18)19)7-15-12-11-6-10(4-2)20-13(11)17-8-16-12/h6,8-9H,3-5,7H2,1-2H3,(H,18,19)(H,15,16,17). The largest absolute Gasteiger partial charge is 0.481 e. The minimum absolute atomic E-state index is 0.380. The van der Waals surface area contributed by atoms with E-state index in [9.17, 15) is 4.79 Å². The summed E-state index contributed by atoms with van der Waals surface area (Å²) in [6.07, 6.45) is 4.01. The van der Waals surface area contributed by atoms with Gasteiger partial charge in [-0.05, 0) is 18.9 Å². The summed E-state index contributed by atoms with van der Waals surface area (Å²) in [4.78, 5) is 21.9. The molecule has 2 rings (SSSR count). The SMILES string of the molecule is CCCC(CNc1ncnc2sc(CC)cc12)C(=O)O. The molecule has 0 fully saturated rings. The lowest BCUT2D eigenvalue weighted by atomic mass is 10.0. The molecule has 0 aliphatic rings. The number of thiophene rings is 1. The van der Waals surface area contributed by atoms with Crippen molar-refractivity contribution in [2.75, 3.05) is 11.9 Å². The highest BCUT2D eigenvalue weighted by atomic mass is 32.1. The van der Waals surface area contributed by atoms with Gasteiger partial charge in [-0.1, -0.05) is 20.3 Å². The second kappa shape index (κ2) is 6.65. The van der Waals surface area contributed by atoms with Gasteiger partial charge in [0.15, 0.2) is 0 Å². The molecule has 2 aromatic heterocycles. The van der Waals surface area contributed by atoms with Gasteiger partial charge in [0.05, 0.1) is 11.3 Å². The van der Waals surface area contributed by atoms with Crippen LogP contribution < -0.4 is 5.32 Å². The minimum atomic E-state index is -0.760. The number of carboxylic acids is 1. The number of carboxylic acid groups (broad SMARTS) is 1. The smallest absolute Gasteiger partial charge is 0.308 e. The Morgan fingerprint density at radius 3 is 2.90 bits per heavy atom. The molecule has 0 bridgehead atoms. The highest BCUT2D eigenvalue weighted by Crippen LogP contribution is 2.28. The zero-order chi connectivity index (χ0) is 14.5. The Labute approximate surface area is 122 Å². The van der Waals surface area contributed by atoms with Crippen LogP contribution in [-0.2, 0) is 11.2 Å². The Bertz CT molecular complexity index is 597. The molecule has 0 saturated carbocycles. The van der Waals surface area contributed by atoms with Crippen LogP contribution in [0.5, 0.6) is 0 Å². The number of nitrogens with zero attached hydrogens (tertiary/aromatic N) is 2. The lowest BCUT2D eigenvalue weighted by Gasteiger charge is -2.13. The second-order valence-corrected chi connectivity index (χ2v) is 5.83. The molecule has 0 aromatic carbocycles. The summed E-state index contributed by atoms with van der Waals surface area (Å²) >= 11 is 1.65. The zero-order valence-corrected chi connectivity index (χ0v) is 12.5. The predicted molar refractivity (Wildman–Crippen MR) is 81.3 cm³/mol. The van der Waals surface area contributed by atoms with Gasteiger partial charge >= 0.3 is 5.97 Å². The Morgan fingerprint density at radius 1 is 1.45 bits per heavy atom. The van der Waals surface area contributed by atoms with E-state index in [2.05, 4.69) is 28.3 Å². The zero-order valence-electron chi connectivity index (χ0n) is 11.7. The first-order valence-corrected chi connectivity index (χ1v) is 7.67. The molecule has 108 valence electrons. The van der Waals surface area contributed by atoms with Gasteiger partial charge in [-0.25, -0.2) is 9.97 Å². The molecule has 0 spiro atoms. The lowest BCUT2D eigenvalue weighted by Crippen LogP contribution is -2.23. The van der Waals surface area contributed by atoms with Crippen molar-refractivity contribution in [3.63, 3.8) is 0 Å². The van der Waals surface area contributed by atoms with E-state index < -0.39 is 5.97 Å². The van der Waals surface area contributed by atoms with Crippen molar-refractivity contribution in [2.45, 2.75) is 33.1 Å². The molecule has 0 aliphatic carbocycles. The number of fused-ring (bicyclic) bond motifs is 1. The molecule has 2 heterocycles. The molecular formula is C14H19N3O2S.